The van der Waals surface area contributed by atoms with Crippen molar-refractivity contribution in [3.8, 4) is 5.75 Å². The SMILES string of the molecule is CCOc1ccccc1[C@H]1Nc2ccccc2C(=O)N1c1ccc(Br)cc1. The van der Waals surface area contributed by atoms with E-state index < -0.39 is 0 Å². The first kappa shape index (κ1) is 17.6. The van der Waals surface area contributed by atoms with E-state index in [1.54, 1.807) is 4.90 Å². The molecule has 0 saturated heterocycles. The normalized spacial score (nSPS) is 15.9. The van der Waals surface area contributed by atoms with Crippen LogP contribution in [0.15, 0.2) is 77.3 Å². The third-order valence-electron chi connectivity index (χ3n) is 4.54. The van der Waals surface area contributed by atoms with Crippen molar-refractivity contribution in [1.29, 1.82) is 0 Å². The van der Waals surface area contributed by atoms with Crippen LogP contribution < -0.4 is 15.0 Å². The molecule has 0 bridgehead atoms. The Bertz CT molecular complexity index is 972. The van der Waals surface area contributed by atoms with Gasteiger partial charge < -0.3 is 10.1 Å². The lowest BCUT2D eigenvalue weighted by atomic mass is 10.0. The van der Waals surface area contributed by atoms with Crippen molar-refractivity contribution in [2.75, 3.05) is 16.8 Å². The minimum absolute atomic E-state index is 0.0389. The third-order valence-corrected chi connectivity index (χ3v) is 5.07. The summed E-state index contributed by atoms with van der Waals surface area (Å²) in [5.74, 6) is 0.731. The van der Waals surface area contributed by atoms with Crippen LogP contribution in [0.2, 0.25) is 0 Å². The number of nitrogens with zero attached hydrogens (tertiary/aromatic N) is 1. The molecule has 1 aliphatic rings. The smallest absolute Gasteiger partial charge is 0.262 e. The van der Waals surface area contributed by atoms with Crippen molar-refractivity contribution < 1.29 is 9.53 Å². The van der Waals surface area contributed by atoms with E-state index in [4.69, 9.17) is 4.74 Å². The maximum Gasteiger partial charge on any atom is 0.262 e. The highest BCUT2D eigenvalue weighted by molar-refractivity contribution is 9.10. The number of carbonyl (C=O) groups is 1. The third kappa shape index (κ3) is 3.30. The summed E-state index contributed by atoms with van der Waals surface area (Å²) >= 11 is 3.46. The highest BCUT2D eigenvalue weighted by atomic mass is 79.9. The molecule has 4 nitrogen and oxygen atoms in total. The summed E-state index contributed by atoms with van der Waals surface area (Å²) in [6.07, 6.45) is -0.365. The fourth-order valence-corrected chi connectivity index (χ4v) is 3.60. The molecule has 136 valence electrons. The van der Waals surface area contributed by atoms with Crippen LogP contribution in [0.5, 0.6) is 5.75 Å². The van der Waals surface area contributed by atoms with Crippen molar-refractivity contribution >= 4 is 33.2 Å². The fourth-order valence-electron chi connectivity index (χ4n) is 3.33. The van der Waals surface area contributed by atoms with Crippen LogP contribution in [0.25, 0.3) is 0 Å². The molecule has 1 atom stereocenters. The number of carbonyl (C=O) groups excluding carboxylic acids is 1. The van der Waals surface area contributed by atoms with Gasteiger partial charge in [-0.15, -0.1) is 0 Å². The molecular weight excluding hydrogens is 404 g/mol. The zero-order valence-electron chi connectivity index (χ0n) is 14.9. The first-order valence-electron chi connectivity index (χ1n) is 8.85. The first-order chi connectivity index (χ1) is 13.2. The van der Waals surface area contributed by atoms with Crippen molar-refractivity contribution in [3.05, 3.63) is 88.4 Å². The number of anilines is 2. The number of ether oxygens (including phenoxy) is 1. The van der Waals surface area contributed by atoms with Crippen LogP contribution in [0.1, 0.15) is 29.0 Å². The lowest BCUT2D eigenvalue weighted by molar-refractivity contribution is 0.0974. The van der Waals surface area contributed by atoms with Gasteiger partial charge in [0.1, 0.15) is 11.9 Å². The predicted molar refractivity (Wildman–Crippen MR) is 111 cm³/mol. The van der Waals surface area contributed by atoms with Crippen LogP contribution in [0.4, 0.5) is 11.4 Å². The number of rotatable bonds is 4. The van der Waals surface area contributed by atoms with E-state index in [0.29, 0.717) is 12.2 Å². The molecule has 1 amide bonds. The molecule has 4 rings (SSSR count). The lowest BCUT2D eigenvalue weighted by Crippen LogP contribution is -2.43. The maximum absolute atomic E-state index is 13.4. The number of amides is 1. The van der Waals surface area contributed by atoms with Gasteiger partial charge in [0.25, 0.3) is 5.91 Å². The van der Waals surface area contributed by atoms with E-state index in [-0.39, 0.29) is 12.1 Å². The molecule has 27 heavy (non-hydrogen) atoms. The number of halogens is 1. The Morgan fingerprint density at radius 1 is 1.00 bits per heavy atom. The highest BCUT2D eigenvalue weighted by Crippen LogP contribution is 2.39. The number of benzene rings is 3. The lowest BCUT2D eigenvalue weighted by Gasteiger charge is -2.38. The van der Waals surface area contributed by atoms with E-state index in [1.807, 2.05) is 79.7 Å². The van der Waals surface area contributed by atoms with Crippen LogP contribution in [-0.2, 0) is 0 Å². The highest BCUT2D eigenvalue weighted by Gasteiger charge is 2.35. The van der Waals surface area contributed by atoms with Gasteiger partial charge in [0.15, 0.2) is 0 Å². The molecule has 1 aliphatic heterocycles. The molecule has 0 radical (unpaired) electrons. The largest absolute Gasteiger partial charge is 0.493 e. The van der Waals surface area contributed by atoms with Crippen LogP contribution >= 0.6 is 15.9 Å². The summed E-state index contributed by atoms with van der Waals surface area (Å²) in [4.78, 5) is 15.2. The minimum Gasteiger partial charge on any atom is -0.493 e. The molecule has 1 heterocycles. The van der Waals surface area contributed by atoms with E-state index in [0.717, 1.165) is 27.2 Å². The standard InChI is InChI=1S/C22H19BrN2O2/c1-2-27-20-10-6-4-8-18(20)21-24-19-9-5-3-7-17(19)22(26)25(21)16-13-11-15(23)12-14-16/h3-14,21,24H,2H2,1H3/t21-/m0/s1. The minimum atomic E-state index is -0.365. The average Bonchev–Trinajstić information content (AvgIpc) is 2.70. The van der Waals surface area contributed by atoms with E-state index >= 15 is 0 Å². The van der Waals surface area contributed by atoms with E-state index in [1.165, 1.54) is 0 Å². The van der Waals surface area contributed by atoms with Crippen molar-refractivity contribution in [2.45, 2.75) is 13.1 Å². The van der Waals surface area contributed by atoms with Gasteiger partial charge >= 0.3 is 0 Å². The summed E-state index contributed by atoms with van der Waals surface area (Å²) in [6.45, 7) is 2.52. The Morgan fingerprint density at radius 2 is 1.70 bits per heavy atom. The topological polar surface area (TPSA) is 41.6 Å². The van der Waals surface area contributed by atoms with Gasteiger partial charge in [0, 0.05) is 21.4 Å². The Morgan fingerprint density at radius 3 is 2.48 bits per heavy atom. The fraction of sp³-hybridized carbons (Fsp3) is 0.136. The van der Waals surface area contributed by atoms with Crippen molar-refractivity contribution in [1.82, 2.24) is 0 Å². The Kier molecular flexibility index (Phi) is 4.86. The summed E-state index contributed by atoms with van der Waals surface area (Å²) in [7, 11) is 0. The summed E-state index contributed by atoms with van der Waals surface area (Å²) in [5, 5.41) is 3.52. The molecule has 5 heteroatoms. The van der Waals surface area contributed by atoms with Gasteiger partial charge in [0.2, 0.25) is 0 Å². The Hall–Kier alpha value is -2.79. The van der Waals surface area contributed by atoms with Gasteiger partial charge in [-0.1, -0.05) is 46.3 Å². The second-order valence-corrected chi connectivity index (χ2v) is 7.13. The van der Waals surface area contributed by atoms with Gasteiger partial charge in [0.05, 0.1) is 12.2 Å². The molecule has 3 aromatic rings. The van der Waals surface area contributed by atoms with Crippen LogP contribution in [0.3, 0.4) is 0 Å². The van der Waals surface area contributed by atoms with E-state index in [2.05, 4.69) is 21.2 Å². The Labute approximate surface area is 166 Å². The predicted octanol–water partition coefficient (Wildman–Crippen LogP) is 5.62. The first-order valence-corrected chi connectivity index (χ1v) is 9.64. The van der Waals surface area contributed by atoms with Gasteiger partial charge in [-0.05, 0) is 49.4 Å². The molecule has 1 N–H and O–H groups in total. The quantitative estimate of drug-likeness (QED) is 0.593. The second-order valence-electron chi connectivity index (χ2n) is 6.21. The van der Waals surface area contributed by atoms with Gasteiger partial charge in [-0.2, -0.15) is 0 Å². The van der Waals surface area contributed by atoms with Crippen LogP contribution in [0, 0.1) is 0 Å². The molecule has 0 unspecified atom stereocenters. The molecule has 0 aliphatic carbocycles. The van der Waals surface area contributed by atoms with Gasteiger partial charge in [-0.25, -0.2) is 0 Å². The number of hydrogen-bond acceptors (Lipinski definition) is 3. The molecule has 0 spiro atoms. The molecule has 0 aromatic heterocycles. The number of para-hydroxylation sites is 2. The van der Waals surface area contributed by atoms with Crippen molar-refractivity contribution in [3.63, 3.8) is 0 Å². The van der Waals surface area contributed by atoms with E-state index in [9.17, 15) is 4.79 Å². The molecule has 0 fully saturated rings. The zero-order chi connectivity index (χ0) is 18.8. The summed E-state index contributed by atoms with van der Waals surface area (Å²) < 4.78 is 6.80. The second kappa shape index (κ2) is 7.45. The van der Waals surface area contributed by atoms with Crippen molar-refractivity contribution in [2.24, 2.45) is 0 Å². The zero-order valence-corrected chi connectivity index (χ0v) is 16.4. The molecule has 0 saturated carbocycles. The summed E-state index contributed by atoms with van der Waals surface area (Å²) in [5.41, 5.74) is 3.23. The van der Waals surface area contributed by atoms with Crippen LogP contribution in [-0.4, -0.2) is 12.5 Å². The monoisotopic (exact) mass is 422 g/mol. The average molecular weight is 423 g/mol. The maximum atomic E-state index is 13.4. The number of nitrogens with one attached hydrogen (secondary N) is 1. The number of hydrogen-bond donors (Lipinski definition) is 1. The summed E-state index contributed by atoms with van der Waals surface area (Å²) in [6, 6.07) is 23.2. The Balaban J connectivity index is 1.87. The number of fused-ring (bicyclic) bond motifs is 1. The van der Waals surface area contributed by atoms with Gasteiger partial charge in [-0.3, -0.25) is 9.69 Å². The molecule has 3 aromatic carbocycles. The molecular formula is C22H19BrN2O2.